The van der Waals surface area contributed by atoms with Crippen LogP contribution in [0.5, 0.6) is 0 Å². The van der Waals surface area contributed by atoms with Crippen LogP contribution in [0.1, 0.15) is 24.6 Å². The molecule has 0 aliphatic carbocycles. The maximum atomic E-state index is 12.7. The normalized spacial score (nSPS) is 18.9. The van der Waals surface area contributed by atoms with E-state index in [0.717, 1.165) is 15.5 Å². The zero-order valence-corrected chi connectivity index (χ0v) is 13.9. The fraction of sp³-hybridized carbons (Fsp3) is 0.467. The van der Waals surface area contributed by atoms with Gasteiger partial charge < -0.3 is 10.2 Å². The number of Topliss-reactive ketones (excluding diaryl/α,β-unsaturated/α-hetero) is 1. The molecule has 0 radical (unpaired) electrons. The molecule has 1 saturated heterocycles. The van der Waals surface area contributed by atoms with Crippen molar-refractivity contribution in [2.75, 3.05) is 13.7 Å². The summed E-state index contributed by atoms with van der Waals surface area (Å²) >= 11 is 1.46. The molecule has 1 fully saturated rings. The van der Waals surface area contributed by atoms with Gasteiger partial charge in [-0.05, 0) is 18.4 Å². The Bertz CT molecular complexity index is 612. The lowest BCUT2D eigenvalue weighted by Crippen LogP contribution is -2.46. The molecule has 0 aromatic carbocycles. The lowest BCUT2D eigenvalue weighted by atomic mass is 10.1. The van der Waals surface area contributed by atoms with Crippen molar-refractivity contribution in [3.8, 4) is 0 Å². The summed E-state index contributed by atoms with van der Waals surface area (Å²) in [6, 6.07) is 3.18. The maximum Gasteiger partial charge on any atom is 0.247 e. The number of thiophene rings is 1. The third kappa shape index (κ3) is 4.70. The van der Waals surface area contributed by atoms with Gasteiger partial charge in [-0.1, -0.05) is 11.2 Å². The Kier molecular flexibility index (Phi) is 6.00. The van der Waals surface area contributed by atoms with Gasteiger partial charge in [0.05, 0.1) is 24.7 Å². The molecule has 23 heavy (non-hydrogen) atoms. The van der Waals surface area contributed by atoms with Crippen LogP contribution >= 0.6 is 11.3 Å². The largest absolute Gasteiger partial charge is 0.399 e. The van der Waals surface area contributed by atoms with E-state index in [1.54, 1.807) is 0 Å². The predicted octanol–water partition coefficient (Wildman–Crippen LogP) is 0.947. The summed E-state index contributed by atoms with van der Waals surface area (Å²) in [5.41, 5.74) is 0.723. The summed E-state index contributed by atoms with van der Waals surface area (Å²) in [5, 5.41) is 8.73. The van der Waals surface area contributed by atoms with E-state index in [9.17, 15) is 14.4 Å². The van der Waals surface area contributed by atoms with Crippen molar-refractivity contribution in [3.63, 3.8) is 0 Å². The number of oxime groups is 1. The van der Waals surface area contributed by atoms with Crippen molar-refractivity contribution in [1.29, 1.82) is 0 Å². The third-order valence-corrected chi connectivity index (χ3v) is 4.23. The molecular weight excluding hydrogens is 318 g/mol. The van der Waals surface area contributed by atoms with E-state index in [1.165, 1.54) is 25.4 Å². The maximum absolute atomic E-state index is 12.7. The first-order valence-corrected chi connectivity index (χ1v) is 8.07. The van der Waals surface area contributed by atoms with Crippen molar-refractivity contribution >= 4 is 34.6 Å². The molecular formula is C15H19N3O4S. The van der Waals surface area contributed by atoms with Gasteiger partial charge in [-0.15, -0.1) is 11.3 Å². The van der Waals surface area contributed by atoms with Crippen molar-refractivity contribution in [1.82, 2.24) is 10.2 Å². The van der Waals surface area contributed by atoms with Crippen LogP contribution in [-0.2, 0) is 25.8 Å². The summed E-state index contributed by atoms with van der Waals surface area (Å²) in [5.74, 6) is -1.08. The van der Waals surface area contributed by atoms with Crippen molar-refractivity contribution in [3.05, 3.63) is 22.4 Å². The number of carbonyl (C=O) groups is 3. The number of rotatable bonds is 6. The molecule has 1 aromatic rings. The summed E-state index contributed by atoms with van der Waals surface area (Å²) in [6.45, 7) is 1.96. The number of carbonyl (C=O) groups excluding carboxylic acids is 3. The number of imide groups is 1. The minimum absolute atomic E-state index is 0.178. The Labute approximate surface area is 138 Å². The Hall–Kier alpha value is -2.06. The minimum atomic E-state index is -0.528. The van der Waals surface area contributed by atoms with Crippen LogP contribution in [0.15, 0.2) is 22.7 Å². The van der Waals surface area contributed by atoms with Gasteiger partial charge in [-0.25, -0.2) is 0 Å². The number of nitrogens with one attached hydrogen (secondary N) is 1. The first kappa shape index (κ1) is 17.3. The van der Waals surface area contributed by atoms with Gasteiger partial charge in [0.1, 0.15) is 12.9 Å². The molecule has 2 heterocycles. The highest BCUT2D eigenvalue weighted by Gasteiger charge is 2.33. The zero-order valence-electron chi connectivity index (χ0n) is 13.1. The standard InChI is InChI=1S/C15H19N3O4S/c1-10(19)6-14(20)18(9-12-4-3-5-23-12)15(21)13-7-11(8-16-13)17-22-2/h3-5,13,16H,6-9H2,1-2H3. The van der Waals surface area contributed by atoms with Gasteiger partial charge in [0.2, 0.25) is 11.8 Å². The van der Waals surface area contributed by atoms with E-state index in [1.807, 2.05) is 17.5 Å². The summed E-state index contributed by atoms with van der Waals surface area (Å²) in [7, 11) is 1.45. The molecule has 1 atom stereocenters. The van der Waals surface area contributed by atoms with E-state index in [2.05, 4.69) is 10.5 Å². The molecule has 8 heteroatoms. The van der Waals surface area contributed by atoms with Gasteiger partial charge in [-0.3, -0.25) is 19.3 Å². The third-order valence-electron chi connectivity index (χ3n) is 3.37. The summed E-state index contributed by atoms with van der Waals surface area (Å²) in [6.07, 6.45) is 0.115. The fourth-order valence-corrected chi connectivity index (χ4v) is 3.03. The second kappa shape index (κ2) is 7.98. The lowest BCUT2D eigenvalue weighted by molar-refractivity contribution is -0.147. The van der Waals surface area contributed by atoms with Crippen LogP contribution in [0.3, 0.4) is 0 Å². The van der Waals surface area contributed by atoms with Gasteiger partial charge in [0.25, 0.3) is 0 Å². The van der Waals surface area contributed by atoms with Crippen LogP contribution in [-0.4, -0.2) is 47.9 Å². The molecule has 7 nitrogen and oxygen atoms in total. The monoisotopic (exact) mass is 337 g/mol. The number of hydrogen-bond acceptors (Lipinski definition) is 7. The highest BCUT2D eigenvalue weighted by molar-refractivity contribution is 7.09. The van der Waals surface area contributed by atoms with Crippen LogP contribution < -0.4 is 5.32 Å². The molecule has 1 aliphatic rings. The molecule has 1 aromatic heterocycles. The average Bonchev–Trinajstić information content (AvgIpc) is 3.15. The van der Waals surface area contributed by atoms with Crippen LogP contribution in [0.25, 0.3) is 0 Å². The molecule has 0 saturated carbocycles. The number of amides is 2. The SMILES string of the molecule is CON=C1CNC(C(=O)N(Cc2cccs2)C(=O)CC(C)=O)C1. The van der Waals surface area contributed by atoms with E-state index < -0.39 is 11.9 Å². The van der Waals surface area contributed by atoms with Crippen molar-refractivity contribution in [2.45, 2.75) is 32.4 Å². The van der Waals surface area contributed by atoms with Crippen molar-refractivity contribution < 1.29 is 19.2 Å². The Balaban J connectivity index is 2.12. The number of nitrogens with zero attached hydrogens (tertiary/aromatic N) is 2. The van der Waals surface area contributed by atoms with Crippen LogP contribution in [0.2, 0.25) is 0 Å². The Morgan fingerprint density at radius 1 is 1.48 bits per heavy atom. The summed E-state index contributed by atoms with van der Waals surface area (Å²) < 4.78 is 0. The zero-order chi connectivity index (χ0) is 16.8. The second-order valence-electron chi connectivity index (χ2n) is 5.25. The first-order valence-electron chi connectivity index (χ1n) is 7.19. The average molecular weight is 337 g/mol. The van der Waals surface area contributed by atoms with Gasteiger partial charge >= 0.3 is 0 Å². The van der Waals surface area contributed by atoms with Crippen LogP contribution in [0, 0.1) is 0 Å². The van der Waals surface area contributed by atoms with E-state index in [0.29, 0.717) is 13.0 Å². The van der Waals surface area contributed by atoms with Gasteiger partial charge in [0.15, 0.2) is 0 Å². The molecule has 0 bridgehead atoms. The smallest absolute Gasteiger partial charge is 0.247 e. The Morgan fingerprint density at radius 2 is 2.26 bits per heavy atom. The molecule has 0 spiro atoms. The van der Waals surface area contributed by atoms with Crippen LogP contribution in [0.4, 0.5) is 0 Å². The highest BCUT2D eigenvalue weighted by atomic mass is 32.1. The molecule has 2 rings (SSSR count). The minimum Gasteiger partial charge on any atom is -0.399 e. The fourth-order valence-electron chi connectivity index (χ4n) is 2.34. The highest BCUT2D eigenvalue weighted by Crippen LogP contribution is 2.16. The Morgan fingerprint density at radius 3 is 2.87 bits per heavy atom. The second-order valence-corrected chi connectivity index (χ2v) is 6.29. The van der Waals surface area contributed by atoms with E-state index in [4.69, 9.17) is 4.84 Å². The predicted molar refractivity (Wildman–Crippen MR) is 86.0 cm³/mol. The number of ketones is 1. The molecule has 1 aliphatic heterocycles. The number of hydrogen-bond donors (Lipinski definition) is 1. The summed E-state index contributed by atoms with van der Waals surface area (Å²) in [4.78, 5) is 43.0. The molecule has 1 N–H and O–H groups in total. The quantitative estimate of drug-likeness (QED) is 0.617. The lowest BCUT2D eigenvalue weighted by Gasteiger charge is -2.23. The first-order chi connectivity index (χ1) is 11.0. The topological polar surface area (TPSA) is 88.1 Å². The van der Waals surface area contributed by atoms with E-state index >= 15 is 0 Å². The van der Waals surface area contributed by atoms with Crippen molar-refractivity contribution in [2.24, 2.45) is 5.16 Å². The molecule has 2 amide bonds. The van der Waals surface area contributed by atoms with Gasteiger partial charge in [-0.2, -0.15) is 0 Å². The van der Waals surface area contributed by atoms with E-state index in [-0.39, 0.29) is 24.7 Å². The van der Waals surface area contributed by atoms with Gasteiger partial charge in [0, 0.05) is 17.8 Å². The molecule has 124 valence electrons. The molecule has 1 unspecified atom stereocenters.